The molecule has 0 aromatic carbocycles. The second-order valence-corrected chi connectivity index (χ2v) is 5.09. The maximum Gasteiger partial charge on any atom is 0.174 e. The Morgan fingerprint density at radius 1 is 1.50 bits per heavy atom. The molecule has 96 valence electrons. The van der Waals surface area contributed by atoms with E-state index in [9.17, 15) is 4.79 Å². The third-order valence-electron chi connectivity index (χ3n) is 2.61. The first-order valence-corrected chi connectivity index (χ1v) is 7.38. The third kappa shape index (κ3) is 4.89. The van der Waals surface area contributed by atoms with E-state index in [0.717, 1.165) is 42.5 Å². The van der Waals surface area contributed by atoms with Crippen LogP contribution in [0.25, 0.3) is 0 Å². The van der Waals surface area contributed by atoms with Crippen molar-refractivity contribution in [3.63, 3.8) is 0 Å². The highest BCUT2D eigenvalue weighted by atomic mass is 32.1. The van der Waals surface area contributed by atoms with Gasteiger partial charge in [-0.25, -0.2) is 0 Å². The van der Waals surface area contributed by atoms with Crippen LogP contribution in [0.2, 0.25) is 0 Å². The van der Waals surface area contributed by atoms with Crippen LogP contribution in [-0.4, -0.2) is 5.78 Å². The molecular weight excluding hydrogens is 240 g/mol. The number of Topliss-reactive ketones (excluding diaryl/α,β-unsaturated/α-hetero) is 1. The molecule has 0 radical (unpaired) electrons. The summed E-state index contributed by atoms with van der Waals surface area (Å²) < 4.78 is 0. The van der Waals surface area contributed by atoms with Crippen LogP contribution < -0.4 is 0 Å². The van der Waals surface area contributed by atoms with Crippen LogP contribution in [0.1, 0.15) is 60.7 Å². The topological polar surface area (TPSA) is 17.1 Å². The molecule has 0 saturated carbocycles. The van der Waals surface area contributed by atoms with Gasteiger partial charge in [0, 0.05) is 18.4 Å². The highest BCUT2D eigenvalue weighted by Crippen LogP contribution is 2.19. The fraction of sp³-hybridized carbons (Fsp3) is 0.438. The fourth-order valence-electron chi connectivity index (χ4n) is 1.57. The van der Waals surface area contributed by atoms with E-state index in [0.29, 0.717) is 6.42 Å². The molecule has 0 spiro atoms. The van der Waals surface area contributed by atoms with Gasteiger partial charge >= 0.3 is 0 Å². The normalized spacial score (nSPS) is 9.61. The van der Waals surface area contributed by atoms with Crippen molar-refractivity contribution in [3.8, 4) is 11.8 Å². The summed E-state index contributed by atoms with van der Waals surface area (Å²) in [7, 11) is 0. The van der Waals surface area contributed by atoms with E-state index in [4.69, 9.17) is 0 Å². The Labute approximate surface area is 114 Å². The van der Waals surface area contributed by atoms with Gasteiger partial charge in [0.25, 0.3) is 0 Å². The van der Waals surface area contributed by atoms with Crippen molar-refractivity contribution in [2.75, 3.05) is 0 Å². The van der Waals surface area contributed by atoms with Gasteiger partial charge in [-0.1, -0.05) is 31.3 Å². The highest BCUT2D eigenvalue weighted by molar-refractivity contribution is 7.12. The Balaban J connectivity index is 2.60. The molecule has 1 heterocycles. The lowest BCUT2D eigenvalue weighted by atomic mass is 10.1. The number of carbonyl (C=O) groups excluding carboxylic acids is 1. The molecule has 0 aliphatic rings. The van der Waals surface area contributed by atoms with Crippen LogP contribution in [0, 0.1) is 11.8 Å². The standard InChI is InChI=1S/C16H20OS/c1-3-5-7-9-10-14-12-13-18-16(14)15(17)11-8-6-4-2/h4,12-13H,2-3,5-8,11H2,1H3. The fourth-order valence-corrected chi connectivity index (χ4v) is 2.39. The molecule has 0 fully saturated rings. The number of rotatable bonds is 7. The van der Waals surface area contributed by atoms with Crippen LogP contribution >= 0.6 is 11.3 Å². The highest BCUT2D eigenvalue weighted by Gasteiger charge is 2.10. The summed E-state index contributed by atoms with van der Waals surface area (Å²) >= 11 is 1.50. The molecule has 0 unspecified atom stereocenters. The van der Waals surface area contributed by atoms with E-state index >= 15 is 0 Å². The predicted octanol–water partition coefficient (Wildman–Crippen LogP) is 4.83. The van der Waals surface area contributed by atoms with Gasteiger partial charge in [0.2, 0.25) is 0 Å². The Morgan fingerprint density at radius 3 is 3.06 bits per heavy atom. The Morgan fingerprint density at radius 2 is 2.33 bits per heavy atom. The van der Waals surface area contributed by atoms with E-state index in [1.54, 1.807) is 0 Å². The van der Waals surface area contributed by atoms with E-state index in [-0.39, 0.29) is 5.78 Å². The maximum absolute atomic E-state index is 12.0. The first kappa shape index (κ1) is 14.7. The van der Waals surface area contributed by atoms with Gasteiger partial charge in [-0.2, -0.15) is 0 Å². The van der Waals surface area contributed by atoms with Crippen molar-refractivity contribution >= 4 is 17.1 Å². The summed E-state index contributed by atoms with van der Waals surface area (Å²) in [4.78, 5) is 12.8. The second kappa shape index (κ2) is 8.72. The van der Waals surface area contributed by atoms with Gasteiger partial charge in [-0.3, -0.25) is 4.79 Å². The van der Waals surface area contributed by atoms with Crippen LogP contribution in [0.15, 0.2) is 24.1 Å². The van der Waals surface area contributed by atoms with Crippen LogP contribution in [0.4, 0.5) is 0 Å². The Kier molecular flexibility index (Phi) is 7.13. The smallest absolute Gasteiger partial charge is 0.174 e. The summed E-state index contributed by atoms with van der Waals surface area (Å²) in [5, 5.41) is 1.95. The monoisotopic (exact) mass is 260 g/mol. The molecule has 2 heteroatoms. The minimum absolute atomic E-state index is 0.214. The predicted molar refractivity (Wildman–Crippen MR) is 79.1 cm³/mol. The van der Waals surface area contributed by atoms with Crippen LogP contribution in [0.3, 0.4) is 0 Å². The molecule has 1 nitrogen and oxygen atoms in total. The molecule has 0 amide bonds. The molecule has 0 aliphatic heterocycles. The van der Waals surface area contributed by atoms with Gasteiger partial charge in [0.05, 0.1) is 4.88 Å². The number of hydrogen-bond acceptors (Lipinski definition) is 2. The molecule has 0 saturated heterocycles. The number of allylic oxidation sites excluding steroid dienone is 1. The Bertz CT molecular complexity index is 445. The first-order valence-electron chi connectivity index (χ1n) is 6.50. The average molecular weight is 260 g/mol. The molecule has 0 N–H and O–H groups in total. The van der Waals surface area contributed by atoms with Crippen molar-refractivity contribution in [3.05, 3.63) is 34.5 Å². The van der Waals surface area contributed by atoms with Crippen molar-refractivity contribution in [2.24, 2.45) is 0 Å². The van der Waals surface area contributed by atoms with Crippen LogP contribution in [-0.2, 0) is 0 Å². The van der Waals surface area contributed by atoms with Gasteiger partial charge in [-0.15, -0.1) is 17.9 Å². The minimum atomic E-state index is 0.214. The number of hydrogen-bond donors (Lipinski definition) is 0. The SMILES string of the molecule is C=CCCCC(=O)c1sccc1C#CCCCC. The molecule has 1 aromatic heterocycles. The minimum Gasteiger partial charge on any atom is -0.293 e. The average Bonchev–Trinajstić information content (AvgIpc) is 2.83. The zero-order chi connectivity index (χ0) is 13.2. The number of carbonyl (C=O) groups is 1. The molecule has 1 aromatic rings. The molecular formula is C16H20OS. The van der Waals surface area contributed by atoms with E-state index in [1.165, 1.54) is 11.3 Å². The largest absolute Gasteiger partial charge is 0.293 e. The van der Waals surface area contributed by atoms with Crippen molar-refractivity contribution in [1.82, 2.24) is 0 Å². The van der Waals surface area contributed by atoms with Gasteiger partial charge in [-0.05, 0) is 30.7 Å². The molecule has 0 bridgehead atoms. The van der Waals surface area contributed by atoms with Crippen molar-refractivity contribution in [1.29, 1.82) is 0 Å². The lowest BCUT2D eigenvalue weighted by molar-refractivity contribution is 0.0984. The van der Waals surface area contributed by atoms with Crippen LogP contribution in [0.5, 0.6) is 0 Å². The zero-order valence-electron chi connectivity index (χ0n) is 11.0. The Hall–Kier alpha value is -1.33. The first-order chi connectivity index (χ1) is 8.79. The molecule has 1 rings (SSSR count). The lowest BCUT2D eigenvalue weighted by Crippen LogP contribution is -1.97. The summed E-state index contributed by atoms with van der Waals surface area (Å²) in [5.74, 6) is 6.47. The summed E-state index contributed by atoms with van der Waals surface area (Å²) in [5.41, 5.74) is 0.903. The number of thiophene rings is 1. The van der Waals surface area contributed by atoms with Gasteiger partial charge in [0.1, 0.15) is 0 Å². The summed E-state index contributed by atoms with van der Waals surface area (Å²) in [6, 6.07) is 1.95. The van der Waals surface area contributed by atoms with Crippen molar-refractivity contribution in [2.45, 2.75) is 45.4 Å². The molecule has 0 atom stereocenters. The van der Waals surface area contributed by atoms with E-state index in [2.05, 4.69) is 25.3 Å². The zero-order valence-corrected chi connectivity index (χ0v) is 11.8. The quantitative estimate of drug-likeness (QED) is 0.297. The summed E-state index contributed by atoms with van der Waals surface area (Å²) in [6.07, 6.45) is 7.42. The second-order valence-electron chi connectivity index (χ2n) is 4.17. The van der Waals surface area contributed by atoms with Crippen molar-refractivity contribution < 1.29 is 4.79 Å². The lowest BCUT2D eigenvalue weighted by Gasteiger charge is -1.97. The van der Waals surface area contributed by atoms with E-state index in [1.807, 2.05) is 17.5 Å². The molecule has 18 heavy (non-hydrogen) atoms. The maximum atomic E-state index is 12.0. The van der Waals surface area contributed by atoms with E-state index < -0.39 is 0 Å². The van der Waals surface area contributed by atoms with Gasteiger partial charge < -0.3 is 0 Å². The van der Waals surface area contributed by atoms with Gasteiger partial charge in [0.15, 0.2) is 5.78 Å². The summed E-state index contributed by atoms with van der Waals surface area (Å²) in [6.45, 7) is 5.82. The number of unbranched alkanes of at least 4 members (excludes halogenated alkanes) is 3. The third-order valence-corrected chi connectivity index (χ3v) is 3.56. The molecule has 0 aliphatic carbocycles. The number of ketones is 1.